The van der Waals surface area contributed by atoms with E-state index in [4.69, 9.17) is 0 Å². The van der Waals surface area contributed by atoms with Crippen LogP contribution < -0.4 is 5.32 Å². The molecule has 0 aromatic heterocycles. The molecule has 0 saturated heterocycles. The Morgan fingerprint density at radius 2 is 1.71 bits per heavy atom. The van der Waals surface area contributed by atoms with Gasteiger partial charge in [-0.05, 0) is 55.7 Å². The first-order valence-corrected chi connectivity index (χ1v) is 7.35. The molecule has 3 fully saturated rings. The van der Waals surface area contributed by atoms with Crippen LogP contribution in [-0.2, 0) is 9.59 Å². The molecule has 3 aliphatic carbocycles. The second-order valence-corrected chi connectivity index (χ2v) is 6.06. The second kappa shape index (κ2) is 5.47. The summed E-state index contributed by atoms with van der Waals surface area (Å²) in [6.45, 7) is 0. The van der Waals surface area contributed by atoms with Gasteiger partial charge in [-0.25, -0.2) is 4.39 Å². The van der Waals surface area contributed by atoms with Crippen LogP contribution in [0.2, 0.25) is 0 Å². The van der Waals surface area contributed by atoms with Crippen LogP contribution in [0.5, 0.6) is 0 Å². The molecule has 0 aliphatic heterocycles. The number of aliphatic carboxylic acids is 1. The van der Waals surface area contributed by atoms with Gasteiger partial charge in [0.05, 0.1) is 11.8 Å². The van der Waals surface area contributed by atoms with Crippen LogP contribution in [-0.4, -0.2) is 17.0 Å². The van der Waals surface area contributed by atoms with E-state index in [2.05, 4.69) is 5.32 Å². The normalized spacial score (nSPS) is 30.9. The molecular formula is C16H18FNO3. The van der Waals surface area contributed by atoms with Crippen molar-refractivity contribution in [3.05, 3.63) is 30.1 Å². The minimum Gasteiger partial charge on any atom is -0.481 e. The van der Waals surface area contributed by atoms with Gasteiger partial charge in [-0.1, -0.05) is 6.07 Å². The maximum Gasteiger partial charge on any atom is 0.307 e. The number of carboxylic acids is 1. The topological polar surface area (TPSA) is 66.4 Å². The van der Waals surface area contributed by atoms with Crippen molar-refractivity contribution in [3.8, 4) is 0 Å². The van der Waals surface area contributed by atoms with Crippen molar-refractivity contribution in [2.75, 3.05) is 5.32 Å². The standard InChI is InChI=1S/C16H18FNO3/c17-11-2-1-3-12(8-11)18-15(19)13-9-4-6-10(7-5-9)14(13)16(20)21/h1-3,8-10,13-14H,4-7H2,(H,18,19)(H,20,21)/t9?,10?,13-,14+/m0/s1. The maximum absolute atomic E-state index is 13.2. The number of nitrogens with one attached hydrogen (secondary N) is 1. The van der Waals surface area contributed by atoms with Gasteiger partial charge >= 0.3 is 5.97 Å². The molecule has 1 aromatic carbocycles. The van der Waals surface area contributed by atoms with Gasteiger partial charge in [0.2, 0.25) is 5.91 Å². The quantitative estimate of drug-likeness (QED) is 0.900. The van der Waals surface area contributed by atoms with E-state index in [1.807, 2.05) is 0 Å². The van der Waals surface area contributed by atoms with Gasteiger partial charge < -0.3 is 10.4 Å². The third kappa shape index (κ3) is 2.64. The van der Waals surface area contributed by atoms with Crippen LogP contribution >= 0.6 is 0 Å². The van der Waals surface area contributed by atoms with E-state index in [0.29, 0.717) is 5.69 Å². The van der Waals surface area contributed by atoms with Crippen LogP contribution in [0.3, 0.4) is 0 Å². The fraction of sp³-hybridized carbons (Fsp3) is 0.500. The average molecular weight is 291 g/mol. The third-order valence-electron chi connectivity index (χ3n) is 4.90. The third-order valence-corrected chi connectivity index (χ3v) is 4.90. The lowest BCUT2D eigenvalue weighted by Gasteiger charge is -2.45. The lowest BCUT2D eigenvalue weighted by atomic mass is 9.58. The van der Waals surface area contributed by atoms with Crippen LogP contribution in [0.1, 0.15) is 25.7 Å². The Hall–Kier alpha value is -1.91. The molecule has 4 nitrogen and oxygen atoms in total. The highest BCUT2D eigenvalue weighted by molar-refractivity contribution is 5.95. The Balaban J connectivity index is 1.80. The smallest absolute Gasteiger partial charge is 0.307 e. The summed E-state index contributed by atoms with van der Waals surface area (Å²) in [6.07, 6.45) is 3.61. The van der Waals surface area contributed by atoms with Crippen molar-refractivity contribution in [2.45, 2.75) is 25.7 Å². The van der Waals surface area contributed by atoms with E-state index < -0.39 is 23.6 Å². The first-order chi connectivity index (χ1) is 10.1. The van der Waals surface area contributed by atoms with Crippen molar-refractivity contribution in [3.63, 3.8) is 0 Å². The number of carbonyl (C=O) groups is 2. The summed E-state index contributed by atoms with van der Waals surface area (Å²) < 4.78 is 13.2. The summed E-state index contributed by atoms with van der Waals surface area (Å²) in [6, 6.07) is 5.68. The Morgan fingerprint density at radius 3 is 2.29 bits per heavy atom. The summed E-state index contributed by atoms with van der Waals surface area (Å²) in [4.78, 5) is 24.0. The van der Waals surface area contributed by atoms with Crippen molar-refractivity contribution in [2.24, 2.45) is 23.7 Å². The predicted octanol–water partition coefficient (Wildman–Crippen LogP) is 2.90. The number of carbonyl (C=O) groups excluding carboxylic acids is 1. The largest absolute Gasteiger partial charge is 0.481 e. The summed E-state index contributed by atoms with van der Waals surface area (Å²) in [5.41, 5.74) is 0.380. The summed E-state index contributed by atoms with van der Waals surface area (Å²) >= 11 is 0. The minimum absolute atomic E-state index is 0.0933. The van der Waals surface area contributed by atoms with E-state index in [-0.39, 0.29) is 17.7 Å². The van der Waals surface area contributed by atoms with Crippen molar-refractivity contribution >= 4 is 17.6 Å². The first-order valence-electron chi connectivity index (χ1n) is 7.35. The molecule has 3 aliphatic rings. The van der Waals surface area contributed by atoms with Gasteiger partial charge in [0, 0.05) is 5.69 Å². The van der Waals surface area contributed by atoms with Gasteiger partial charge in [0.1, 0.15) is 5.82 Å². The molecule has 21 heavy (non-hydrogen) atoms. The van der Waals surface area contributed by atoms with Gasteiger partial charge in [0.25, 0.3) is 0 Å². The van der Waals surface area contributed by atoms with Crippen LogP contribution in [0.15, 0.2) is 24.3 Å². The zero-order valence-electron chi connectivity index (χ0n) is 11.6. The van der Waals surface area contributed by atoms with Gasteiger partial charge in [-0.2, -0.15) is 0 Å². The molecule has 2 bridgehead atoms. The monoisotopic (exact) mass is 291 g/mol. The summed E-state index contributed by atoms with van der Waals surface area (Å²) in [7, 11) is 0. The van der Waals surface area contributed by atoms with E-state index in [9.17, 15) is 19.1 Å². The van der Waals surface area contributed by atoms with E-state index in [1.54, 1.807) is 6.07 Å². The molecule has 0 heterocycles. The molecule has 0 unspecified atom stereocenters. The molecule has 3 saturated carbocycles. The summed E-state index contributed by atoms with van der Waals surface area (Å²) in [5, 5.41) is 12.1. The highest BCUT2D eigenvalue weighted by Crippen LogP contribution is 2.49. The fourth-order valence-electron chi connectivity index (χ4n) is 3.97. The second-order valence-electron chi connectivity index (χ2n) is 6.06. The zero-order chi connectivity index (χ0) is 15.0. The number of amides is 1. The van der Waals surface area contributed by atoms with Crippen LogP contribution in [0, 0.1) is 29.5 Å². The molecule has 112 valence electrons. The fourth-order valence-corrected chi connectivity index (χ4v) is 3.97. The molecular weight excluding hydrogens is 273 g/mol. The average Bonchev–Trinajstić information content (AvgIpc) is 2.47. The van der Waals surface area contributed by atoms with Gasteiger partial charge in [0.15, 0.2) is 0 Å². The van der Waals surface area contributed by atoms with Gasteiger partial charge in [-0.3, -0.25) is 9.59 Å². The van der Waals surface area contributed by atoms with Gasteiger partial charge in [-0.15, -0.1) is 0 Å². The molecule has 1 aromatic rings. The highest BCUT2D eigenvalue weighted by atomic mass is 19.1. The minimum atomic E-state index is -0.885. The number of anilines is 1. The SMILES string of the molecule is O=C(O)[C@@H]1C2CCC(CC2)[C@@H]1C(=O)Nc1cccc(F)c1. The maximum atomic E-state index is 13.2. The van der Waals surface area contributed by atoms with Crippen molar-refractivity contribution < 1.29 is 19.1 Å². The highest BCUT2D eigenvalue weighted by Gasteiger charge is 2.50. The number of carboxylic acid groups (broad SMARTS) is 1. The lowest BCUT2D eigenvalue weighted by Crippen LogP contribution is -2.49. The van der Waals surface area contributed by atoms with E-state index in [1.165, 1.54) is 18.2 Å². The molecule has 1 amide bonds. The predicted molar refractivity (Wildman–Crippen MR) is 75.1 cm³/mol. The first kappa shape index (κ1) is 14.0. The molecule has 2 N–H and O–H groups in total. The molecule has 5 heteroatoms. The molecule has 0 radical (unpaired) electrons. The Morgan fingerprint density at radius 1 is 1.10 bits per heavy atom. The molecule has 4 rings (SSSR count). The molecule has 2 atom stereocenters. The van der Waals surface area contributed by atoms with Crippen LogP contribution in [0.25, 0.3) is 0 Å². The Labute approximate surface area is 122 Å². The number of benzene rings is 1. The number of hydrogen-bond acceptors (Lipinski definition) is 2. The van der Waals surface area contributed by atoms with Crippen LogP contribution in [0.4, 0.5) is 10.1 Å². The molecule has 0 spiro atoms. The van der Waals surface area contributed by atoms with Crippen molar-refractivity contribution in [1.82, 2.24) is 0 Å². The number of fused-ring (bicyclic) bond motifs is 3. The number of halogens is 1. The lowest BCUT2D eigenvalue weighted by molar-refractivity contribution is -0.156. The summed E-state index contributed by atoms with van der Waals surface area (Å²) in [5.74, 6) is -2.48. The Kier molecular flexibility index (Phi) is 3.66. The van der Waals surface area contributed by atoms with Crippen molar-refractivity contribution in [1.29, 1.82) is 0 Å². The van der Waals surface area contributed by atoms with E-state index >= 15 is 0 Å². The zero-order valence-corrected chi connectivity index (χ0v) is 11.6. The number of hydrogen-bond donors (Lipinski definition) is 2. The Bertz CT molecular complexity index is 566. The number of rotatable bonds is 3. The van der Waals surface area contributed by atoms with E-state index in [0.717, 1.165) is 25.7 Å².